The van der Waals surface area contributed by atoms with Crippen LogP contribution in [0.1, 0.15) is 36.6 Å². The summed E-state index contributed by atoms with van der Waals surface area (Å²) in [6.07, 6.45) is 1.72. The number of ether oxygens (including phenoxy) is 2. The fraction of sp³-hybridized carbons (Fsp3) is 0.167. The zero-order valence-electron chi connectivity index (χ0n) is 21.5. The number of benzene rings is 3. The van der Waals surface area contributed by atoms with Crippen molar-refractivity contribution >= 4 is 39.3 Å². The minimum Gasteiger partial charge on any atom is -0.488 e. The van der Waals surface area contributed by atoms with Crippen LogP contribution in [0.4, 0.5) is 8.78 Å². The molecule has 0 fully saturated rings. The van der Waals surface area contributed by atoms with Gasteiger partial charge in [-0.15, -0.1) is 0 Å². The van der Waals surface area contributed by atoms with Gasteiger partial charge in [0.15, 0.2) is 4.80 Å². The van der Waals surface area contributed by atoms with Crippen LogP contribution < -0.4 is 19.6 Å². The SMILES string of the molecule is CCOC(=O)C1=C(C)N=c2s/c(=C\c3ccc(OCc4ccccc4F)c(Br)c3)c(=O)n2[C@H]1c1ccc(F)cc1. The first-order valence-electron chi connectivity index (χ1n) is 12.4. The molecular formula is C30H23BrF2N2O4S. The number of halogens is 3. The van der Waals surface area contributed by atoms with E-state index in [1.807, 2.05) is 0 Å². The van der Waals surface area contributed by atoms with E-state index in [0.717, 1.165) is 5.56 Å². The Morgan fingerprint density at radius 1 is 1.12 bits per heavy atom. The number of fused-ring (bicyclic) bond motifs is 1. The van der Waals surface area contributed by atoms with Crippen LogP contribution in [0.15, 0.2) is 92.3 Å². The molecule has 0 N–H and O–H groups in total. The van der Waals surface area contributed by atoms with Gasteiger partial charge in [0, 0.05) is 5.56 Å². The van der Waals surface area contributed by atoms with Crippen LogP contribution in [0.2, 0.25) is 0 Å². The molecule has 0 radical (unpaired) electrons. The van der Waals surface area contributed by atoms with Gasteiger partial charge in [-0.1, -0.05) is 47.7 Å². The van der Waals surface area contributed by atoms with Crippen LogP contribution in [0.3, 0.4) is 0 Å². The van der Waals surface area contributed by atoms with Gasteiger partial charge < -0.3 is 9.47 Å². The van der Waals surface area contributed by atoms with Crippen LogP contribution >= 0.6 is 27.3 Å². The summed E-state index contributed by atoms with van der Waals surface area (Å²) in [5.74, 6) is -0.831. The average molecular weight is 625 g/mol. The number of carbonyl (C=O) groups is 1. The molecule has 0 saturated heterocycles. The van der Waals surface area contributed by atoms with Gasteiger partial charge >= 0.3 is 5.97 Å². The van der Waals surface area contributed by atoms with Gasteiger partial charge in [0.05, 0.1) is 32.9 Å². The van der Waals surface area contributed by atoms with Crippen LogP contribution in [0.5, 0.6) is 5.75 Å². The Morgan fingerprint density at radius 3 is 2.58 bits per heavy atom. The minimum atomic E-state index is -0.820. The second-order valence-electron chi connectivity index (χ2n) is 8.92. The molecule has 0 aliphatic carbocycles. The minimum absolute atomic E-state index is 0.0642. The molecule has 0 saturated carbocycles. The number of aromatic nitrogens is 1. The average Bonchev–Trinajstić information content (AvgIpc) is 3.23. The Hall–Kier alpha value is -3.89. The quantitative estimate of drug-likeness (QED) is 0.258. The molecular weight excluding hydrogens is 602 g/mol. The number of hydrogen-bond donors (Lipinski definition) is 0. The van der Waals surface area contributed by atoms with E-state index >= 15 is 0 Å². The van der Waals surface area contributed by atoms with Gasteiger partial charge in [-0.2, -0.15) is 0 Å². The van der Waals surface area contributed by atoms with Crippen molar-refractivity contribution in [2.45, 2.75) is 26.5 Å². The van der Waals surface area contributed by atoms with Gasteiger partial charge in [0.2, 0.25) is 0 Å². The maximum Gasteiger partial charge on any atom is 0.338 e. The predicted molar refractivity (Wildman–Crippen MR) is 152 cm³/mol. The first-order valence-corrected chi connectivity index (χ1v) is 14.0. The van der Waals surface area contributed by atoms with Crippen LogP contribution in [-0.4, -0.2) is 17.1 Å². The van der Waals surface area contributed by atoms with E-state index in [4.69, 9.17) is 9.47 Å². The first kappa shape index (κ1) is 27.7. The Kier molecular flexibility index (Phi) is 8.09. The lowest BCUT2D eigenvalue weighted by Crippen LogP contribution is -2.39. The maximum absolute atomic E-state index is 13.9. The van der Waals surface area contributed by atoms with Crippen molar-refractivity contribution in [1.29, 1.82) is 0 Å². The number of esters is 1. The van der Waals surface area contributed by atoms with Crippen molar-refractivity contribution in [3.63, 3.8) is 0 Å². The molecule has 6 nitrogen and oxygen atoms in total. The maximum atomic E-state index is 13.9. The molecule has 0 bridgehead atoms. The largest absolute Gasteiger partial charge is 0.488 e. The molecule has 0 unspecified atom stereocenters. The van der Waals surface area contributed by atoms with E-state index in [0.29, 0.717) is 36.4 Å². The van der Waals surface area contributed by atoms with Gasteiger partial charge in [-0.25, -0.2) is 18.6 Å². The molecule has 0 amide bonds. The summed E-state index contributed by atoms with van der Waals surface area (Å²) in [6, 6.07) is 16.6. The Balaban J connectivity index is 1.53. The van der Waals surface area contributed by atoms with Crippen molar-refractivity contribution in [3.05, 3.63) is 130 Å². The van der Waals surface area contributed by atoms with E-state index in [2.05, 4.69) is 20.9 Å². The number of thiazole rings is 1. The van der Waals surface area contributed by atoms with Gasteiger partial charge in [-0.3, -0.25) is 9.36 Å². The van der Waals surface area contributed by atoms with Crippen molar-refractivity contribution < 1.29 is 23.0 Å². The number of nitrogens with zero attached hydrogens (tertiary/aromatic N) is 2. The number of allylic oxidation sites excluding steroid dienone is 1. The summed E-state index contributed by atoms with van der Waals surface area (Å²) >= 11 is 4.68. The summed E-state index contributed by atoms with van der Waals surface area (Å²) in [5, 5.41) is 0. The lowest BCUT2D eigenvalue weighted by molar-refractivity contribution is -0.139. The summed E-state index contributed by atoms with van der Waals surface area (Å²) < 4.78 is 41.2. The molecule has 1 aromatic heterocycles. The lowest BCUT2D eigenvalue weighted by Gasteiger charge is -2.24. The zero-order chi connectivity index (χ0) is 28.4. The molecule has 1 aliphatic heterocycles. The molecule has 4 aromatic rings. The Bertz CT molecular complexity index is 1810. The topological polar surface area (TPSA) is 69.9 Å². The third kappa shape index (κ3) is 5.55. The number of carbonyl (C=O) groups excluding carboxylic acids is 1. The molecule has 40 heavy (non-hydrogen) atoms. The molecule has 204 valence electrons. The Labute approximate surface area is 240 Å². The smallest absolute Gasteiger partial charge is 0.338 e. The third-order valence-electron chi connectivity index (χ3n) is 6.30. The highest BCUT2D eigenvalue weighted by Gasteiger charge is 2.33. The fourth-order valence-corrected chi connectivity index (χ4v) is 5.96. The molecule has 1 atom stereocenters. The summed E-state index contributed by atoms with van der Waals surface area (Å²) in [6.45, 7) is 3.61. The van der Waals surface area contributed by atoms with Crippen molar-refractivity contribution in [1.82, 2.24) is 4.57 Å². The molecule has 1 aliphatic rings. The highest BCUT2D eigenvalue weighted by atomic mass is 79.9. The van der Waals surface area contributed by atoms with Gasteiger partial charge in [0.1, 0.15) is 24.0 Å². The molecule has 3 aromatic carbocycles. The molecule has 2 heterocycles. The lowest BCUT2D eigenvalue weighted by atomic mass is 9.96. The van der Waals surface area contributed by atoms with E-state index in [1.165, 1.54) is 34.1 Å². The fourth-order valence-electron chi connectivity index (χ4n) is 4.40. The molecule has 10 heteroatoms. The van der Waals surface area contributed by atoms with E-state index in [-0.39, 0.29) is 30.2 Å². The van der Waals surface area contributed by atoms with Crippen molar-refractivity contribution in [2.24, 2.45) is 4.99 Å². The van der Waals surface area contributed by atoms with Crippen LogP contribution in [-0.2, 0) is 16.1 Å². The van der Waals surface area contributed by atoms with Gasteiger partial charge in [0.25, 0.3) is 5.56 Å². The van der Waals surface area contributed by atoms with Crippen LogP contribution in [0.25, 0.3) is 6.08 Å². The first-order chi connectivity index (χ1) is 19.3. The second kappa shape index (κ2) is 11.7. The number of hydrogen-bond acceptors (Lipinski definition) is 6. The van der Waals surface area contributed by atoms with Crippen molar-refractivity contribution in [3.8, 4) is 5.75 Å². The van der Waals surface area contributed by atoms with Gasteiger partial charge in [-0.05, 0) is 77.3 Å². The summed E-state index contributed by atoms with van der Waals surface area (Å²) in [5.41, 5.74) is 2.03. The monoisotopic (exact) mass is 624 g/mol. The zero-order valence-corrected chi connectivity index (χ0v) is 23.9. The highest BCUT2D eigenvalue weighted by molar-refractivity contribution is 9.10. The van der Waals surface area contributed by atoms with E-state index in [9.17, 15) is 18.4 Å². The molecule has 0 spiro atoms. The summed E-state index contributed by atoms with van der Waals surface area (Å²) in [7, 11) is 0. The van der Waals surface area contributed by atoms with E-state index in [1.54, 1.807) is 68.5 Å². The normalized spacial score (nSPS) is 15.0. The third-order valence-corrected chi connectivity index (χ3v) is 7.90. The Morgan fingerprint density at radius 2 is 1.88 bits per heavy atom. The van der Waals surface area contributed by atoms with Crippen molar-refractivity contribution in [2.75, 3.05) is 6.61 Å². The van der Waals surface area contributed by atoms with E-state index < -0.39 is 17.8 Å². The van der Waals surface area contributed by atoms with Crippen LogP contribution in [0, 0.1) is 11.6 Å². The highest BCUT2D eigenvalue weighted by Crippen LogP contribution is 2.31. The molecule has 5 rings (SSSR count). The predicted octanol–water partition coefficient (Wildman–Crippen LogP) is 5.42. The standard InChI is InChI=1S/C30H23BrF2N2O4S/c1-3-38-29(37)26-17(2)34-30-35(27(26)19-9-11-21(32)12-10-19)28(36)25(40-30)15-18-8-13-24(22(31)14-18)39-16-20-6-4-5-7-23(20)33/h4-15,27H,3,16H2,1-2H3/b25-15-/t27-/m0/s1. The number of rotatable bonds is 7. The summed E-state index contributed by atoms with van der Waals surface area (Å²) in [4.78, 5) is 31.6. The second-order valence-corrected chi connectivity index (χ2v) is 10.8.